The minimum absolute atomic E-state index is 0.243. The number of hydrogen-bond acceptors (Lipinski definition) is 2. The molecule has 112 valence electrons. The monoisotopic (exact) mass is 426 g/mol. The molecule has 1 aliphatic heterocycles. The first-order valence-electron chi connectivity index (χ1n) is 6.68. The fraction of sp³-hybridized carbons (Fsp3) is 0.125. The maximum absolute atomic E-state index is 12.3. The van der Waals surface area contributed by atoms with Crippen molar-refractivity contribution in [3.8, 4) is 0 Å². The quantitative estimate of drug-likeness (QED) is 0.725. The van der Waals surface area contributed by atoms with Crippen LogP contribution in [0.4, 0.5) is 5.69 Å². The second-order valence-electron chi connectivity index (χ2n) is 5.04. The van der Waals surface area contributed by atoms with E-state index in [1.165, 1.54) is 0 Å². The predicted octanol–water partition coefficient (Wildman–Crippen LogP) is 3.24. The zero-order chi connectivity index (χ0) is 15.7. The van der Waals surface area contributed by atoms with Crippen molar-refractivity contribution in [1.29, 1.82) is 0 Å². The third-order valence-corrected chi connectivity index (χ3v) is 4.41. The highest BCUT2D eigenvalue weighted by Gasteiger charge is 2.27. The Morgan fingerprint density at radius 2 is 1.82 bits per heavy atom. The number of anilines is 1. The molecule has 0 fully saturated rings. The molecular formula is C16H12ClIN2O2. The van der Waals surface area contributed by atoms with Crippen LogP contribution in [0.3, 0.4) is 0 Å². The Labute approximate surface area is 146 Å². The molecule has 6 heteroatoms. The largest absolute Gasteiger partial charge is 0.340 e. The first kappa shape index (κ1) is 15.3. The molecule has 0 spiro atoms. The van der Waals surface area contributed by atoms with Crippen molar-refractivity contribution >= 4 is 51.7 Å². The molecule has 0 aromatic heterocycles. The van der Waals surface area contributed by atoms with Crippen molar-refractivity contribution in [2.45, 2.75) is 12.5 Å². The topological polar surface area (TPSA) is 58.2 Å². The number of amides is 2. The standard InChI is InChI=1S/C16H12ClIN2O2/c17-10-3-6-12-13(8-10)19-16(22)14(20-15(12)21)7-9-1-4-11(18)5-2-9/h1-6,8,14H,7H2,(H,19,22)(H,20,21). The van der Waals surface area contributed by atoms with Crippen LogP contribution in [0.15, 0.2) is 42.5 Å². The van der Waals surface area contributed by atoms with E-state index in [0.29, 0.717) is 22.7 Å². The summed E-state index contributed by atoms with van der Waals surface area (Å²) in [5.41, 5.74) is 1.85. The maximum Gasteiger partial charge on any atom is 0.254 e. The number of benzene rings is 2. The number of carbonyl (C=O) groups is 2. The third-order valence-electron chi connectivity index (χ3n) is 3.46. The zero-order valence-corrected chi connectivity index (χ0v) is 14.3. The Morgan fingerprint density at radius 3 is 2.55 bits per heavy atom. The lowest BCUT2D eigenvalue weighted by molar-refractivity contribution is -0.117. The molecular weight excluding hydrogens is 415 g/mol. The molecule has 0 saturated heterocycles. The lowest BCUT2D eigenvalue weighted by Crippen LogP contribution is -2.42. The predicted molar refractivity (Wildman–Crippen MR) is 94.2 cm³/mol. The van der Waals surface area contributed by atoms with Gasteiger partial charge in [-0.05, 0) is 58.5 Å². The summed E-state index contributed by atoms with van der Waals surface area (Å²) < 4.78 is 1.12. The van der Waals surface area contributed by atoms with E-state index in [4.69, 9.17) is 11.6 Å². The van der Waals surface area contributed by atoms with E-state index in [1.54, 1.807) is 18.2 Å². The molecule has 0 aliphatic carbocycles. The van der Waals surface area contributed by atoms with Crippen molar-refractivity contribution in [1.82, 2.24) is 5.32 Å². The molecule has 2 aromatic rings. The number of hydrogen-bond donors (Lipinski definition) is 2. The lowest BCUT2D eigenvalue weighted by atomic mass is 10.1. The Balaban J connectivity index is 1.85. The molecule has 3 rings (SSSR count). The number of rotatable bonds is 2. The van der Waals surface area contributed by atoms with E-state index in [0.717, 1.165) is 9.13 Å². The van der Waals surface area contributed by atoms with Crippen molar-refractivity contribution in [2.75, 3.05) is 5.32 Å². The van der Waals surface area contributed by atoms with Gasteiger partial charge in [0.15, 0.2) is 0 Å². The van der Waals surface area contributed by atoms with Gasteiger partial charge in [0.25, 0.3) is 5.91 Å². The van der Waals surface area contributed by atoms with Crippen LogP contribution in [-0.4, -0.2) is 17.9 Å². The van der Waals surface area contributed by atoms with Crippen LogP contribution >= 0.6 is 34.2 Å². The lowest BCUT2D eigenvalue weighted by Gasteiger charge is -2.14. The van der Waals surface area contributed by atoms with Gasteiger partial charge < -0.3 is 10.6 Å². The Bertz CT molecular complexity index is 746. The molecule has 2 aromatic carbocycles. The highest BCUT2D eigenvalue weighted by Crippen LogP contribution is 2.23. The fourth-order valence-electron chi connectivity index (χ4n) is 2.34. The average molecular weight is 427 g/mol. The molecule has 1 atom stereocenters. The van der Waals surface area contributed by atoms with Crippen LogP contribution in [0.5, 0.6) is 0 Å². The molecule has 2 N–H and O–H groups in total. The molecule has 1 unspecified atom stereocenters. The highest BCUT2D eigenvalue weighted by molar-refractivity contribution is 14.1. The second-order valence-corrected chi connectivity index (χ2v) is 6.72. The molecule has 0 saturated carbocycles. The van der Waals surface area contributed by atoms with E-state index in [1.807, 2.05) is 24.3 Å². The van der Waals surface area contributed by atoms with E-state index in [-0.39, 0.29) is 11.8 Å². The molecule has 0 radical (unpaired) electrons. The van der Waals surface area contributed by atoms with Gasteiger partial charge in [-0.2, -0.15) is 0 Å². The molecule has 2 amide bonds. The van der Waals surface area contributed by atoms with Crippen molar-refractivity contribution in [2.24, 2.45) is 0 Å². The van der Waals surface area contributed by atoms with E-state index in [2.05, 4.69) is 33.2 Å². The average Bonchev–Trinajstić information content (AvgIpc) is 2.59. The van der Waals surface area contributed by atoms with Crippen molar-refractivity contribution in [3.05, 3.63) is 62.2 Å². The van der Waals surface area contributed by atoms with Gasteiger partial charge in [-0.25, -0.2) is 0 Å². The minimum Gasteiger partial charge on any atom is -0.340 e. The molecule has 1 aliphatic rings. The smallest absolute Gasteiger partial charge is 0.254 e. The molecule has 22 heavy (non-hydrogen) atoms. The van der Waals surface area contributed by atoms with Crippen molar-refractivity contribution < 1.29 is 9.59 Å². The van der Waals surface area contributed by atoms with Gasteiger partial charge in [-0.15, -0.1) is 0 Å². The van der Waals surface area contributed by atoms with Gasteiger partial charge >= 0.3 is 0 Å². The van der Waals surface area contributed by atoms with E-state index >= 15 is 0 Å². The maximum atomic E-state index is 12.3. The Kier molecular flexibility index (Phi) is 4.35. The highest BCUT2D eigenvalue weighted by atomic mass is 127. The van der Waals surface area contributed by atoms with Crippen LogP contribution in [-0.2, 0) is 11.2 Å². The summed E-state index contributed by atoms with van der Waals surface area (Å²) in [4.78, 5) is 24.6. The van der Waals surface area contributed by atoms with Crippen LogP contribution < -0.4 is 10.6 Å². The van der Waals surface area contributed by atoms with Crippen LogP contribution in [0.2, 0.25) is 5.02 Å². The third kappa shape index (κ3) is 3.25. The van der Waals surface area contributed by atoms with Gasteiger partial charge in [0.05, 0.1) is 11.3 Å². The summed E-state index contributed by atoms with van der Waals surface area (Å²) in [6.07, 6.45) is 0.441. The molecule has 0 bridgehead atoms. The van der Waals surface area contributed by atoms with Gasteiger partial charge in [0.1, 0.15) is 6.04 Å². The van der Waals surface area contributed by atoms with Crippen LogP contribution in [0.25, 0.3) is 0 Å². The summed E-state index contributed by atoms with van der Waals surface area (Å²) in [5, 5.41) is 6.01. The summed E-state index contributed by atoms with van der Waals surface area (Å²) in [6, 6.07) is 12.1. The minimum atomic E-state index is -0.612. The number of halogens is 2. The van der Waals surface area contributed by atoms with Gasteiger partial charge in [-0.1, -0.05) is 23.7 Å². The first-order chi connectivity index (χ1) is 10.5. The summed E-state index contributed by atoms with van der Waals surface area (Å²) in [5.74, 6) is -0.520. The van der Waals surface area contributed by atoms with Gasteiger partial charge in [0.2, 0.25) is 5.91 Å². The Morgan fingerprint density at radius 1 is 1.09 bits per heavy atom. The normalized spacial score (nSPS) is 17.3. The van der Waals surface area contributed by atoms with E-state index < -0.39 is 6.04 Å². The number of nitrogens with one attached hydrogen (secondary N) is 2. The molecule has 1 heterocycles. The first-order valence-corrected chi connectivity index (χ1v) is 8.14. The second kappa shape index (κ2) is 6.26. The fourth-order valence-corrected chi connectivity index (χ4v) is 2.87. The number of carbonyl (C=O) groups excluding carboxylic acids is 2. The van der Waals surface area contributed by atoms with Crippen LogP contribution in [0.1, 0.15) is 15.9 Å². The van der Waals surface area contributed by atoms with Crippen molar-refractivity contribution in [3.63, 3.8) is 0 Å². The SMILES string of the molecule is O=C1NC(Cc2ccc(I)cc2)C(=O)Nc2cc(Cl)ccc21. The zero-order valence-electron chi connectivity index (χ0n) is 11.4. The van der Waals surface area contributed by atoms with Crippen LogP contribution in [0, 0.1) is 3.57 Å². The van der Waals surface area contributed by atoms with Gasteiger partial charge in [-0.3, -0.25) is 9.59 Å². The summed E-state index contributed by atoms with van der Waals surface area (Å²) in [6.45, 7) is 0. The van der Waals surface area contributed by atoms with Gasteiger partial charge in [0, 0.05) is 15.0 Å². The summed E-state index contributed by atoms with van der Waals surface area (Å²) >= 11 is 8.15. The molecule has 4 nitrogen and oxygen atoms in total. The Hall–Kier alpha value is -1.60. The van der Waals surface area contributed by atoms with E-state index in [9.17, 15) is 9.59 Å². The summed E-state index contributed by atoms with van der Waals surface area (Å²) in [7, 11) is 0. The number of fused-ring (bicyclic) bond motifs is 1.